The Hall–Kier alpha value is -4.64. The number of para-hydroxylation sites is 1. The first-order valence-electron chi connectivity index (χ1n) is 20.9. The maximum absolute atomic E-state index is 4.70. The molecule has 2 aliphatic rings. The highest BCUT2D eigenvalue weighted by Crippen LogP contribution is 2.39. The van der Waals surface area contributed by atoms with Gasteiger partial charge in [-0.15, -0.1) is 0 Å². The van der Waals surface area contributed by atoms with Gasteiger partial charge in [-0.25, -0.2) is 0 Å². The Balaban J connectivity index is 0.000000183. The lowest BCUT2D eigenvalue weighted by Crippen LogP contribution is -2.13. The topological polar surface area (TPSA) is 62.9 Å². The van der Waals surface area contributed by atoms with Gasteiger partial charge >= 0.3 is 0 Å². The Morgan fingerprint density at radius 1 is 0.483 bits per heavy atom. The predicted octanol–water partition coefficient (Wildman–Crippen LogP) is 15.9. The van der Waals surface area contributed by atoms with E-state index in [2.05, 4.69) is 123 Å². The van der Waals surface area contributed by atoms with Crippen LogP contribution in [0.4, 0.5) is 17.1 Å². The van der Waals surface area contributed by atoms with Crippen LogP contribution in [0.3, 0.4) is 0 Å². The fraction of sp³-hybridized carbons (Fsp3) is 0.380. The van der Waals surface area contributed by atoms with E-state index in [1.165, 1.54) is 94.6 Å². The molecule has 0 unspecified atom stereocenters. The van der Waals surface area contributed by atoms with Gasteiger partial charge in [-0.3, -0.25) is 9.97 Å². The van der Waals surface area contributed by atoms with Gasteiger partial charge < -0.3 is 0 Å². The molecule has 298 valence electrons. The van der Waals surface area contributed by atoms with Crippen LogP contribution >= 0.6 is 36.7 Å². The van der Waals surface area contributed by atoms with Crippen molar-refractivity contribution in [3.8, 4) is 22.5 Å². The number of benzene rings is 3. The van der Waals surface area contributed by atoms with Crippen LogP contribution in [0.2, 0.25) is 0 Å². The summed E-state index contributed by atoms with van der Waals surface area (Å²) >= 11 is 13.7. The Morgan fingerprint density at radius 2 is 0.897 bits per heavy atom. The molecule has 5 nitrogen and oxygen atoms in total. The number of thiocarbonyl (C=S) groups is 3. The molecule has 0 radical (unpaired) electrons. The minimum Gasteiger partial charge on any atom is -0.256 e. The van der Waals surface area contributed by atoms with E-state index in [4.69, 9.17) is 4.98 Å². The molecule has 0 aliphatic heterocycles. The van der Waals surface area contributed by atoms with Crippen LogP contribution in [0.15, 0.2) is 130 Å². The zero-order valence-electron chi connectivity index (χ0n) is 33.9. The van der Waals surface area contributed by atoms with Crippen LogP contribution in [0.25, 0.3) is 22.5 Å². The second kappa shape index (κ2) is 25.0. The maximum atomic E-state index is 4.70. The summed E-state index contributed by atoms with van der Waals surface area (Å²) in [6, 6.07) is 34.2. The summed E-state index contributed by atoms with van der Waals surface area (Å²) in [5, 5.41) is 7.08. The molecule has 58 heavy (non-hydrogen) atoms. The van der Waals surface area contributed by atoms with Gasteiger partial charge in [-0.1, -0.05) is 101 Å². The number of isothiocyanates is 3. The number of hydrogen-bond donors (Lipinski definition) is 0. The molecule has 7 rings (SSSR count). The SMILES string of the molecule is CCCC1CCC(c2ccc(-c3ccc(N=C=S)cc3)nc2)CC1.CCCCC1CCC(c2ccc(-c3ccc(N=C=S)cc3)nc2)CC1.S=C=Nc1ccccc1. The fourth-order valence-electron chi connectivity index (χ4n) is 8.18. The average molecular weight is 822 g/mol. The second-order valence-electron chi connectivity index (χ2n) is 15.4. The number of unbranched alkanes of at least 4 members (excludes halogenated alkanes) is 1. The molecule has 2 heterocycles. The monoisotopic (exact) mass is 821 g/mol. The third-order valence-corrected chi connectivity index (χ3v) is 11.8. The molecule has 0 bridgehead atoms. The summed E-state index contributed by atoms with van der Waals surface area (Å²) in [7, 11) is 0. The summed E-state index contributed by atoms with van der Waals surface area (Å²) in [5.41, 5.74) is 9.55. The molecule has 2 saturated carbocycles. The zero-order chi connectivity index (χ0) is 40.8. The van der Waals surface area contributed by atoms with Gasteiger partial charge in [-0.2, -0.15) is 15.0 Å². The van der Waals surface area contributed by atoms with Crippen molar-refractivity contribution >= 4 is 69.2 Å². The number of rotatable bonds is 12. The smallest absolute Gasteiger partial charge is 0.0740 e. The zero-order valence-corrected chi connectivity index (χ0v) is 36.4. The van der Waals surface area contributed by atoms with Gasteiger partial charge in [0.2, 0.25) is 0 Å². The minimum absolute atomic E-state index is 0.693. The molecule has 8 heteroatoms. The normalized spacial score (nSPS) is 18.3. The van der Waals surface area contributed by atoms with E-state index in [1.807, 2.05) is 78.9 Å². The van der Waals surface area contributed by atoms with Crippen molar-refractivity contribution in [1.29, 1.82) is 0 Å². The van der Waals surface area contributed by atoms with Crippen LogP contribution < -0.4 is 0 Å². The molecule has 3 aromatic carbocycles. The molecule has 2 aliphatic carbocycles. The highest BCUT2D eigenvalue weighted by Gasteiger charge is 2.23. The number of nitrogens with zero attached hydrogens (tertiary/aromatic N) is 5. The van der Waals surface area contributed by atoms with Crippen molar-refractivity contribution in [3.63, 3.8) is 0 Å². The predicted molar refractivity (Wildman–Crippen MR) is 254 cm³/mol. The number of hydrogen-bond acceptors (Lipinski definition) is 8. The molecule has 0 N–H and O–H groups in total. The van der Waals surface area contributed by atoms with Crippen LogP contribution in [-0.4, -0.2) is 25.5 Å². The number of aliphatic imine (C=N–C) groups is 3. The summed E-state index contributed by atoms with van der Waals surface area (Å²) in [6.07, 6.45) is 21.8. The first-order valence-corrected chi connectivity index (χ1v) is 22.2. The summed E-state index contributed by atoms with van der Waals surface area (Å²) in [5.74, 6) is 3.29. The van der Waals surface area contributed by atoms with Gasteiger partial charge in [-0.05, 0) is 171 Å². The lowest BCUT2D eigenvalue weighted by molar-refractivity contribution is 0.304. The highest BCUT2D eigenvalue weighted by atomic mass is 32.1. The summed E-state index contributed by atoms with van der Waals surface area (Å²) in [4.78, 5) is 21.1. The third-order valence-electron chi connectivity index (χ3n) is 11.5. The molecule has 5 aromatic rings. The van der Waals surface area contributed by atoms with Crippen molar-refractivity contribution in [3.05, 3.63) is 127 Å². The molecule has 2 aromatic heterocycles. The van der Waals surface area contributed by atoms with Gasteiger partial charge in [0.1, 0.15) is 0 Å². The quantitative estimate of drug-likeness (QED) is 0.0926. The third kappa shape index (κ3) is 14.3. The molecule has 0 saturated heterocycles. The summed E-state index contributed by atoms with van der Waals surface area (Å²) in [6.45, 7) is 4.58. The van der Waals surface area contributed by atoms with E-state index < -0.39 is 0 Å². The van der Waals surface area contributed by atoms with Crippen molar-refractivity contribution in [2.45, 2.75) is 109 Å². The van der Waals surface area contributed by atoms with E-state index in [9.17, 15) is 0 Å². The minimum atomic E-state index is 0.693. The molecule has 0 spiro atoms. The molecule has 0 atom stereocenters. The Morgan fingerprint density at radius 3 is 1.26 bits per heavy atom. The van der Waals surface area contributed by atoms with E-state index in [1.54, 1.807) is 0 Å². The maximum Gasteiger partial charge on any atom is 0.0740 e. The first kappa shape index (κ1) is 44.5. The van der Waals surface area contributed by atoms with Gasteiger partial charge in [0.15, 0.2) is 0 Å². The van der Waals surface area contributed by atoms with E-state index in [0.717, 1.165) is 51.4 Å². The Labute approximate surface area is 362 Å². The van der Waals surface area contributed by atoms with Crippen molar-refractivity contribution in [2.75, 3.05) is 0 Å². The van der Waals surface area contributed by atoms with Crippen LogP contribution in [0.5, 0.6) is 0 Å². The van der Waals surface area contributed by atoms with Gasteiger partial charge in [0.25, 0.3) is 0 Å². The number of aromatic nitrogens is 2. The van der Waals surface area contributed by atoms with Crippen LogP contribution in [-0.2, 0) is 0 Å². The van der Waals surface area contributed by atoms with Crippen molar-refractivity contribution in [1.82, 2.24) is 9.97 Å². The van der Waals surface area contributed by atoms with Gasteiger partial charge in [0, 0.05) is 23.5 Å². The fourth-order valence-corrected chi connectivity index (χ4v) is 8.50. The lowest BCUT2D eigenvalue weighted by Gasteiger charge is -2.28. The molecular formula is C50H55N5S3. The van der Waals surface area contributed by atoms with Crippen molar-refractivity contribution in [2.24, 2.45) is 26.8 Å². The highest BCUT2D eigenvalue weighted by molar-refractivity contribution is 7.78. The molecular weight excluding hydrogens is 767 g/mol. The standard InChI is InChI=1S/C22H26N2S.C21H24N2S.C7H5NS/c1-2-3-4-17-5-7-18(8-6-17)20-11-14-22(23-15-20)19-9-12-21(13-10-19)24-16-25;1-2-3-16-4-6-17(7-5-16)19-10-13-21(22-14-19)18-8-11-20(12-9-18)23-15-24;9-6-8-7-4-2-1-3-5-7/h9-15,17-18H,2-8H2,1H3;8-14,16-17H,2-7H2,1H3;1-5H. The first-order chi connectivity index (χ1) is 28.5. The number of pyridine rings is 2. The van der Waals surface area contributed by atoms with Gasteiger partial charge in [0.05, 0.1) is 43.9 Å². The van der Waals surface area contributed by atoms with E-state index >= 15 is 0 Å². The van der Waals surface area contributed by atoms with Crippen molar-refractivity contribution < 1.29 is 0 Å². The Kier molecular flexibility index (Phi) is 19.1. The van der Waals surface area contributed by atoms with E-state index in [0.29, 0.717) is 11.8 Å². The molecule has 0 amide bonds. The largest absolute Gasteiger partial charge is 0.256 e. The lowest BCUT2D eigenvalue weighted by atomic mass is 9.77. The Bertz CT molecular complexity index is 2080. The molecule has 2 fully saturated rings. The van der Waals surface area contributed by atoms with E-state index in [-0.39, 0.29) is 0 Å². The average Bonchev–Trinajstić information content (AvgIpc) is 3.28. The summed E-state index contributed by atoms with van der Waals surface area (Å²) < 4.78 is 0. The second-order valence-corrected chi connectivity index (χ2v) is 15.9. The van der Waals surface area contributed by atoms with Crippen LogP contribution in [0.1, 0.15) is 120 Å². The van der Waals surface area contributed by atoms with Crippen LogP contribution in [0, 0.1) is 11.8 Å².